The van der Waals surface area contributed by atoms with Crippen molar-refractivity contribution in [1.82, 2.24) is 24.5 Å². The molecule has 1 aromatic heterocycles. The summed E-state index contributed by atoms with van der Waals surface area (Å²) in [7, 11) is 1.99. The molecule has 1 aromatic carbocycles. The molecule has 2 aliphatic heterocycles. The van der Waals surface area contributed by atoms with Crippen molar-refractivity contribution >= 4 is 6.09 Å². The molecule has 1 amide bonds. The molecule has 208 valence electrons. The van der Waals surface area contributed by atoms with E-state index in [1.54, 1.807) is 0 Å². The number of carbonyl (C=O) groups is 1. The number of hydrogen-bond acceptors (Lipinski definition) is 5. The zero-order valence-corrected chi connectivity index (χ0v) is 24.3. The van der Waals surface area contributed by atoms with Crippen LogP contribution in [0.3, 0.4) is 0 Å². The third kappa shape index (κ3) is 5.94. The molecule has 7 heteroatoms. The summed E-state index contributed by atoms with van der Waals surface area (Å²) >= 11 is 0. The van der Waals surface area contributed by atoms with Crippen LogP contribution in [0.2, 0.25) is 0 Å². The van der Waals surface area contributed by atoms with Gasteiger partial charge in [-0.3, -0.25) is 14.5 Å². The molecule has 1 spiro atoms. The molecule has 3 fully saturated rings. The van der Waals surface area contributed by atoms with Crippen molar-refractivity contribution in [1.29, 1.82) is 0 Å². The maximum Gasteiger partial charge on any atom is 0.410 e. The first-order valence-corrected chi connectivity index (χ1v) is 14.5. The number of piperidine rings is 1. The van der Waals surface area contributed by atoms with Crippen molar-refractivity contribution in [3.63, 3.8) is 0 Å². The van der Waals surface area contributed by atoms with Gasteiger partial charge in [-0.2, -0.15) is 5.10 Å². The number of nitrogens with zero attached hydrogens (tertiary/aromatic N) is 5. The molecule has 0 bridgehead atoms. The first-order valence-electron chi connectivity index (χ1n) is 14.5. The molecule has 0 N–H and O–H groups in total. The molecule has 1 atom stereocenters. The minimum absolute atomic E-state index is 0.154. The maximum atomic E-state index is 12.6. The van der Waals surface area contributed by atoms with E-state index in [1.165, 1.54) is 29.5 Å². The lowest BCUT2D eigenvalue weighted by molar-refractivity contribution is -0.0782. The van der Waals surface area contributed by atoms with Crippen LogP contribution >= 0.6 is 0 Å². The topological polar surface area (TPSA) is 53.8 Å². The number of likely N-dealkylation sites (tertiary alicyclic amines) is 1. The van der Waals surface area contributed by atoms with E-state index in [-0.39, 0.29) is 6.09 Å². The number of piperazine rings is 1. The molecule has 3 heterocycles. The Labute approximate surface area is 229 Å². The minimum Gasteiger partial charge on any atom is -0.444 e. The zero-order valence-electron chi connectivity index (χ0n) is 24.3. The van der Waals surface area contributed by atoms with E-state index >= 15 is 0 Å². The number of ether oxygens (including phenoxy) is 1. The first-order chi connectivity index (χ1) is 18.0. The van der Waals surface area contributed by atoms with Gasteiger partial charge in [0.1, 0.15) is 5.60 Å². The first kappa shape index (κ1) is 27.2. The molecular weight excluding hydrogens is 474 g/mol. The highest BCUT2D eigenvalue weighted by atomic mass is 16.6. The van der Waals surface area contributed by atoms with Gasteiger partial charge in [0.25, 0.3) is 0 Å². The highest BCUT2D eigenvalue weighted by molar-refractivity contribution is 5.68. The second-order valence-corrected chi connectivity index (χ2v) is 13.3. The fourth-order valence-electron chi connectivity index (χ4n) is 6.94. The molecule has 3 aliphatic rings. The van der Waals surface area contributed by atoms with Gasteiger partial charge >= 0.3 is 6.09 Å². The number of hydrogen-bond donors (Lipinski definition) is 0. The molecule has 38 heavy (non-hydrogen) atoms. The molecule has 1 saturated carbocycles. The summed E-state index contributed by atoms with van der Waals surface area (Å²) in [6.07, 6.45) is 8.67. The van der Waals surface area contributed by atoms with Crippen molar-refractivity contribution < 1.29 is 9.53 Å². The molecule has 2 aromatic rings. The van der Waals surface area contributed by atoms with Crippen LogP contribution in [0.5, 0.6) is 0 Å². The lowest BCUT2D eigenvalue weighted by atomic mass is 9.59. The van der Waals surface area contributed by atoms with Gasteiger partial charge in [0.05, 0.1) is 6.20 Å². The summed E-state index contributed by atoms with van der Waals surface area (Å²) in [5.74, 6) is 0.506. The van der Waals surface area contributed by atoms with Gasteiger partial charge in [-0.05, 0) is 68.9 Å². The third-order valence-electron chi connectivity index (χ3n) is 8.93. The highest BCUT2D eigenvalue weighted by Gasteiger charge is 2.50. The van der Waals surface area contributed by atoms with E-state index < -0.39 is 5.60 Å². The summed E-state index contributed by atoms with van der Waals surface area (Å²) in [6.45, 7) is 16.3. The van der Waals surface area contributed by atoms with E-state index in [1.807, 2.05) is 43.6 Å². The predicted octanol–water partition coefficient (Wildman–Crippen LogP) is 5.58. The quantitative estimate of drug-likeness (QED) is 0.514. The lowest BCUT2D eigenvalue weighted by Gasteiger charge is -2.58. The van der Waals surface area contributed by atoms with Crippen molar-refractivity contribution in [3.05, 3.63) is 53.3 Å². The number of amides is 1. The van der Waals surface area contributed by atoms with Crippen LogP contribution in [0.4, 0.5) is 4.79 Å². The van der Waals surface area contributed by atoms with E-state index in [2.05, 4.69) is 59.2 Å². The SMILES string of the molecule is CC(C)c1ccccc1C1CN(Cc2cnn(C)c2)CCN1C1CC2(CCN(C(=O)OC(C)(C)C)CC2)C1. The van der Waals surface area contributed by atoms with Crippen LogP contribution in [0.1, 0.15) is 89.0 Å². The lowest BCUT2D eigenvalue weighted by Crippen LogP contribution is -2.60. The Morgan fingerprint density at radius 3 is 2.45 bits per heavy atom. The van der Waals surface area contributed by atoms with Gasteiger partial charge < -0.3 is 9.64 Å². The van der Waals surface area contributed by atoms with Crippen LogP contribution < -0.4 is 0 Å². The molecular formula is C31H47N5O2. The van der Waals surface area contributed by atoms with E-state index in [0.717, 1.165) is 52.1 Å². The second-order valence-electron chi connectivity index (χ2n) is 13.3. The number of carbonyl (C=O) groups excluding carboxylic acids is 1. The number of aromatic nitrogens is 2. The summed E-state index contributed by atoms with van der Waals surface area (Å²) in [5, 5.41) is 4.39. The summed E-state index contributed by atoms with van der Waals surface area (Å²) in [5.41, 5.74) is 4.22. The Balaban J connectivity index is 1.27. The standard InChI is InChI=1S/C31H47N5O2/c1-23(2)26-9-7-8-10-27(26)28-22-34(21-24-19-32-33(6)20-24)15-16-36(28)25-17-31(18-25)11-13-35(14-12-31)29(37)38-30(3,4)5/h7-10,19-20,23,25,28H,11-18,21-22H2,1-6H3. The summed E-state index contributed by atoms with van der Waals surface area (Å²) in [4.78, 5) is 19.9. The fraction of sp³-hybridized carbons (Fsp3) is 0.677. The predicted molar refractivity (Wildman–Crippen MR) is 151 cm³/mol. The average Bonchev–Trinajstić information content (AvgIpc) is 3.26. The van der Waals surface area contributed by atoms with Crippen LogP contribution in [-0.4, -0.2) is 74.9 Å². The van der Waals surface area contributed by atoms with Gasteiger partial charge in [-0.1, -0.05) is 38.1 Å². The second kappa shape index (κ2) is 10.6. The highest BCUT2D eigenvalue weighted by Crippen LogP contribution is 2.53. The summed E-state index contributed by atoms with van der Waals surface area (Å²) in [6, 6.07) is 10.1. The Bertz CT molecular complexity index is 1100. The van der Waals surface area contributed by atoms with Crippen LogP contribution in [0.25, 0.3) is 0 Å². The molecule has 2 saturated heterocycles. The fourth-order valence-corrected chi connectivity index (χ4v) is 6.94. The van der Waals surface area contributed by atoms with Crippen molar-refractivity contribution in [2.45, 2.75) is 90.4 Å². The average molecular weight is 522 g/mol. The monoisotopic (exact) mass is 521 g/mol. The Morgan fingerprint density at radius 2 is 1.82 bits per heavy atom. The minimum atomic E-state index is -0.436. The van der Waals surface area contributed by atoms with Crippen LogP contribution in [0.15, 0.2) is 36.7 Å². The Morgan fingerprint density at radius 1 is 1.11 bits per heavy atom. The number of benzene rings is 1. The molecule has 1 aliphatic carbocycles. The van der Waals surface area contributed by atoms with Crippen LogP contribution in [-0.2, 0) is 18.3 Å². The maximum absolute atomic E-state index is 12.6. The normalized spacial score (nSPS) is 23.1. The van der Waals surface area contributed by atoms with Crippen molar-refractivity contribution in [2.24, 2.45) is 12.5 Å². The van der Waals surface area contributed by atoms with Crippen molar-refractivity contribution in [2.75, 3.05) is 32.7 Å². The number of rotatable bonds is 5. The Kier molecular flexibility index (Phi) is 7.62. The largest absolute Gasteiger partial charge is 0.444 e. The molecule has 1 unspecified atom stereocenters. The number of aryl methyl sites for hydroxylation is 1. The smallest absolute Gasteiger partial charge is 0.410 e. The van der Waals surface area contributed by atoms with Gasteiger partial charge in [-0.15, -0.1) is 0 Å². The summed E-state index contributed by atoms with van der Waals surface area (Å²) < 4.78 is 7.53. The van der Waals surface area contributed by atoms with E-state index in [0.29, 0.717) is 23.4 Å². The van der Waals surface area contributed by atoms with E-state index in [9.17, 15) is 4.79 Å². The van der Waals surface area contributed by atoms with Gasteiger partial charge in [0.2, 0.25) is 0 Å². The van der Waals surface area contributed by atoms with Gasteiger partial charge in [0, 0.05) is 70.2 Å². The molecule has 5 rings (SSSR count). The molecule has 7 nitrogen and oxygen atoms in total. The Hall–Kier alpha value is -2.38. The van der Waals surface area contributed by atoms with E-state index in [4.69, 9.17) is 4.74 Å². The zero-order chi connectivity index (χ0) is 27.1. The van der Waals surface area contributed by atoms with Gasteiger partial charge in [0.15, 0.2) is 0 Å². The van der Waals surface area contributed by atoms with Gasteiger partial charge in [-0.25, -0.2) is 4.79 Å². The third-order valence-corrected chi connectivity index (χ3v) is 8.93. The van der Waals surface area contributed by atoms with Crippen molar-refractivity contribution in [3.8, 4) is 0 Å². The van der Waals surface area contributed by atoms with Crippen LogP contribution in [0, 0.1) is 5.41 Å². The molecule has 0 radical (unpaired) electrons.